The van der Waals surface area contributed by atoms with E-state index in [4.69, 9.17) is 0 Å². The minimum atomic E-state index is 0.466. The summed E-state index contributed by atoms with van der Waals surface area (Å²) in [5.41, 5.74) is 1.06. The molecule has 0 fully saturated rings. The van der Waals surface area contributed by atoms with Gasteiger partial charge in [-0.05, 0) is 5.56 Å². The van der Waals surface area contributed by atoms with Gasteiger partial charge in [0.05, 0.1) is 11.3 Å². The summed E-state index contributed by atoms with van der Waals surface area (Å²) in [6.07, 6.45) is 1.79. The molecule has 0 bridgehead atoms. The molecule has 1 rings (SSSR count). The van der Waals surface area contributed by atoms with Crippen LogP contribution in [0.1, 0.15) is 5.56 Å². The molecule has 1 nitrogen and oxygen atoms in total. The molecule has 10 heavy (non-hydrogen) atoms. The normalized spacial score (nSPS) is 8.80. The Hall–Kier alpha value is -0.890. The van der Waals surface area contributed by atoms with Crippen LogP contribution in [0, 0.1) is 6.42 Å². The molecule has 51 valence electrons. The van der Waals surface area contributed by atoms with E-state index in [1.165, 1.54) is 5.37 Å². The fraction of sp³-hybridized carbons (Fsp3) is 0. The molecule has 0 spiro atoms. The number of hydrogen-bond acceptors (Lipinski definition) is 1. The van der Waals surface area contributed by atoms with Crippen molar-refractivity contribution < 1.29 is 4.21 Å². The highest BCUT2D eigenvalue weighted by molar-refractivity contribution is 7.65. The highest BCUT2D eigenvalue weighted by atomic mass is 32.1. The van der Waals surface area contributed by atoms with E-state index in [9.17, 15) is 4.21 Å². The highest BCUT2D eigenvalue weighted by Crippen LogP contribution is 1.98. The van der Waals surface area contributed by atoms with Crippen molar-refractivity contribution in [2.45, 2.75) is 0 Å². The van der Waals surface area contributed by atoms with Gasteiger partial charge in [-0.2, -0.15) is 0 Å². The van der Waals surface area contributed by atoms with E-state index >= 15 is 0 Å². The Balaban J connectivity index is 2.67. The summed E-state index contributed by atoms with van der Waals surface area (Å²) in [5.74, 6) is 0. The second-order valence-electron chi connectivity index (χ2n) is 1.81. The zero-order valence-corrected chi connectivity index (χ0v) is 6.17. The lowest BCUT2D eigenvalue weighted by Crippen LogP contribution is -1.79. The molecule has 0 aliphatic rings. The van der Waals surface area contributed by atoms with E-state index < -0.39 is 0 Å². The summed E-state index contributed by atoms with van der Waals surface area (Å²) < 4.78 is 9.93. The van der Waals surface area contributed by atoms with Crippen molar-refractivity contribution in [2.75, 3.05) is 0 Å². The zero-order chi connectivity index (χ0) is 7.23. The SMILES string of the molecule is O=S=C[CH]c1ccccc1. The summed E-state index contributed by atoms with van der Waals surface area (Å²) in [4.78, 5) is 0. The van der Waals surface area contributed by atoms with E-state index in [2.05, 4.69) is 0 Å². The van der Waals surface area contributed by atoms with Crippen LogP contribution in [0.5, 0.6) is 0 Å². The van der Waals surface area contributed by atoms with Crippen molar-refractivity contribution in [3.05, 3.63) is 42.3 Å². The molecule has 0 saturated heterocycles. The van der Waals surface area contributed by atoms with E-state index in [-0.39, 0.29) is 0 Å². The quantitative estimate of drug-likeness (QED) is 0.581. The molecule has 0 unspecified atom stereocenters. The minimum absolute atomic E-state index is 0.466. The first kappa shape index (κ1) is 7.22. The fourth-order valence-corrected chi connectivity index (χ4v) is 0.883. The Morgan fingerprint density at radius 3 is 2.50 bits per heavy atom. The van der Waals surface area contributed by atoms with Crippen LogP contribution in [-0.2, 0) is 11.3 Å². The first-order chi connectivity index (χ1) is 4.93. The third-order valence-corrected chi connectivity index (χ3v) is 1.36. The average molecular weight is 151 g/mol. The molecule has 1 aromatic rings. The predicted molar refractivity (Wildman–Crippen MR) is 44.1 cm³/mol. The average Bonchev–Trinajstić information content (AvgIpc) is 2.03. The van der Waals surface area contributed by atoms with Crippen LogP contribution in [0.3, 0.4) is 0 Å². The smallest absolute Gasteiger partial charge is 0.0847 e. The first-order valence-electron chi connectivity index (χ1n) is 2.94. The van der Waals surface area contributed by atoms with Crippen molar-refractivity contribution >= 4 is 16.6 Å². The number of hydrogen-bond donors (Lipinski definition) is 0. The molecule has 0 heterocycles. The van der Waals surface area contributed by atoms with Gasteiger partial charge in [0, 0.05) is 11.8 Å². The van der Waals surface area contributed by atoms with Crippen molar-refractivity contribution in [3.63, 3.8) is 0 Å². The molecule has 0 atom stereocenters. The van der Waals surface area contributed by atoms with Gasteiger partial charge >= 0.3 is 0 Å². The summed E-state index contributed by atoms with van der Waals surface area (Å²) in [6.45, 7) is 0. The molecule has 0 aliphatic carbocycles. The second-order valence-corrected chi connectivity index (χ2v) is 2.27. The third-order valence-electron chi connectivity index (χ3n) is 1.12. The Morgan fingerprint density at radius 2 is 1.90 bits per heavy atom. The van der Waals surface area contributed by atoms with Crippen molar-refractivity contribution in [1.29, 1.82) is 0 Å². The first-order valence-corrected chi connectivity index (χ1v) is 3.74. The summed E-state index contributed by atoms with van der Waals surface area (Å²) >= 11 is 0.466. The molecule has 0 aliphatic heterocycles. The van der Waals surface area contributed by atoms with Gasteiger partial charge in [-0.3, -0.25) is 0 Å². The van der Waals surface area contributed by atoms with Crippen molar-refractivity contribution in [1.82, 2.24) is 0 Å². The topological polar surface area (TPSA) is 17.1 Å². The lowest BCUT2D eigenvalue weighted by atomic mass is 10.2. The second kappa shape index (κ2) is 4.01. The molecule has 2 heteroatoms. The predicted octanol–water partition coefficient (Wildman–Crippen LogP) is 1.25. The molecule has 1 aromatic carbocycles. The van der Waals surface area contributed by atoms with Gasteiger partial charge in [0.1, 0.15) is 0 Å². The van der Waals surface area contributed by atoms with Crippen LogP contribution in [0.15, 0.2) is 30.3 Å². The maximum atomic E-state index is 9.93. The standard InChI is InChI=1S/C8H7OS/c9-10-7-6-8-4-2-1-3-5-8/h1-7H. The molecule has 0 amide bonds. The van der Waals surface area contributed by atoms with Crippen LogP contribution in [-0.4, -0.2) is 9.58 Å². The van der Waals surface area contributed by atoms with E-state index in [1.54, 1.807) is 6.42 Å². The van der Waals surface area contributed by atoms with Crippen LogP contribution >= 0.6 is 0 Å². The van der Waals surface area contributed by atoms with Gasteiger partial charge < -0.3 is 0 Å². The highest BCUT2D eigenvalue weighted by Gasteiger charge is 1.84. The lowest BCUT2D eigenvalue weighted by Gasteiger charge is -1.89. The molecular weight excluding hydrogens is 144 g/mol. The number of rotatable bonds is 2. The third kappa shape index (κ3) is 2.15. The van der Waals surface area contributed by atoms with Gasteiger partial charge in [0.2, 0.25) is 0 Å². The van der Waals surface area contributed by atoms with Crippen molar-refractivity contribution in [2.24, 2.45) is 0 Å². The number of benzene rings is 1. The Bertz CT molecular complexity index is 237. The summed E-state index contributed by atoms with van der Waals surface area (Å²) in [5, 5.41) is 1.52. The molecule has 0 N–H and O–H groups in total. The molecule has 0 saturated carbocycles. The van der Waals surface area contributed by atoms with Gasteiger partial charge in [-0.15, -0.1) is 0 Å². The Kier molecular flexibility index (Phi) is 2.90. The summed E-state index contributed by atoms with van der Waals surface area (Å²) in [7, 11) is 0. The summed E-state index contributed by atoms with van der Waals surface area (Å²) in [6, 6.07) is 9.73. The van der Waals surface area contributed by atoms with E-state index in [1.807, 2.05) is 30.3 Å². The molecular formula is C8H7OS. The maximum Gasteiger partial charge on any atom is 0.0847 e. The molecule has 0 aromatic heterocycles. The fourth-order valence-electron chi connectivity index (χ4n) is 0.670. The minimum Gasteiger partial charge on any atom is -0.213 e. The zero-order valence-electron chi connectivity index (χ0n) is 5.36. The van der Waals surface area contributed by atoms with Crippen LogP contribution in [0.4, 0.5) is 0 Å². The van der Waals surface area contributed by atoms with E-state index in [0.29, 0.717) is 11.3 Å². The Labute approximate surface area is 63.8 Å². The van der Waals surface area contributed by atoms with Crippen LogP contribution in [0.25, 0.3) is 0 Å². The maximum absolute atomic E-state index is 9.93. The van der Waals surface area contributed by atoms with Gasteiger partial charge in [0.25, 0.3) is 0 Å². The van der Waals surface area contributed by atoms with Crippen LogP contribution < -0.4 is 0 Å². The largest absolute Gasteiger partial charge is 0.213 e. The Morgan fingerprint density at radius 1 is 1.20 bits per heavy atom. The van der Waals surface area contributed by atoms with Crippen molar-refractivity contribution in [3.8, 4) is 0 Å². The van der Waals surface area contributed by atoms with Gasteiger partial charge in [-0.1, -0.05) is 30.3 Å². The molecule has 1 radical (unpaired) electrons. The lowest BCUT2D eigenvalue weighted by molar-refractivity contribution is 0.701. The monoisotopic (exact) mass is 151 g/mol. The van der Waals surface area contributed by atoms with Crippen LogP contribution in [0.2, 0.25) is 0 Å². The van der Waals surface area contributed by atoms with E-state index in [0.717, 1.165) is 5.56 Å². The van der Waals surface area contributed by atoms with Gasteiger partial charge in [0.15, 0.2) is 0 Å². The van der Waals surface area contributed by atoms with Gasteiger partial charge in [-0.25, -0.2) is 4.21 Å².